The number of halogens is 1. The molecule has 134 valence electrons. The van der Waals surface area contributed by atoms with Gasteiger partial charge in [0.1, 0.15) is 24.3 Å². The molecule has 4 rings (SSSR count). The molecule has 4 aromatic rings. The summed E-state index contributed by atoms with van der Waals surface area (Å²) in [7, 11) is 0. The van der Waals surface area contributed by atoms with Crippen LogP contribution >= 0.6 is 22.9 Å². The van der Waals surface area contributed by atoms with E-state index in [4.69, 9.17) is 11.6 Å². The lowest BCUT2D eigenvalue weighted by Gasteiger charge is -2.09. The minimum Gasteiger partial charge on any atom is -0.340 e. The summed E-state index contributed by atoms with van der Waals surface area (Å²) in [5.74, 6) is 1.18. The third-order valence-electron chi connectivity index (χ3n) is 3.63. The molecule has 0 fully saturated rings. The summed E-state index contributed by atoms with van der Waals surface area (Å²) < 4.78 is 2.38. The van der Waals surface area contributed by atoms with E-state index in [1.54, 1.807) is 29.2 Å². The molecule has 3 aromatic heterocycles. The predicted molar refractivity (Wildman–Crippen MR) is 106 cm³/mol. The molecule has 27 heavy (non-hydrogen) atoms. The molecule has 2 N–H and O–H groups in total. The van der Waals surface area contributed by atoms with Crippen molar-refractivity contribution in [2.24, 2.45) is 0 Å². The molecule has 0 aliphatic heterocycles. The lowest BCUT2D eigenvalue weighted by atomic mass is 10.2. The Balaban J connectivity index is 1.44. The first-order chi connectivity index (χ1) is 13.2. The number of aromatic nitrogens is 4. The quantitative estimate of drug-likeness (QED) is 0.523. The Bertz CT molecular complexity index is 1060. The molecule has 0 aliphatic carbocycles. The van der Waals surface area contributed by atoms with Crippen LogP contribution in [0.25, 0.3) is 5.82 Å². The van der Waals surface area contributed by atoms with Crippen LogP contribution in [0.2, 0.25) is 4.34 Å². The van der Waals surface area contributed by atoms with Crippen LogP contribution in [-0.4, -0.2) is 25.4 Å². The number of hydrogen-bond donors (Lipinski definition) is 2. The number of nitrogens with one attached hydrogen (secondary N) is 2. The third kappa shape index (κ3) is 4.13. The number of thiophene rings is 1. The number of nitrogens with zero attached hydrogens (tertiary/aromatic N) is 4. The van der Waals surface area contributed by atoms with Crippen molar-refractivity contribution in [2.45, 2.75) is 0 Å². The standard InChI is InChI=1S/C18H13ClN6OS/c19-15-6-5-14(27-15)18(26)24-13-3-1-12(2-4-13)23-16-9-17(22-10-21-16)25-8-7-20-11-25/h1-11H,(H,24,26)(H,21,22,23). The zero-order chi connectivity index (χ0) is 18.6. The van der Waals surface area contributed by atoms with Gasteiger partial charge in [-0.1, -0.05) is 11.6 Å². The normalized spacial score (nSPS) is 10.6. The van der Waals surface area contributed by atoms with Crippen molar-refractivity contribution in [1.29, 1.82) is 0 Å². The van der Waals surface area contributed by atoms with Crippen LogP contribution in [0.15, 0.2) is 67.5 Å². The SMILES string of the molecule is O=C(Nc1ccc(Nc2cc(-n3ccnc3)ncn2)cc1)c1ccc(Cl)s1. The summed E-state index contributed by atoms with van der Waals surface area (Å²) >= 11 is 7.10. The Morgan fingerprint density at radius 2 is 1.89 bits per heavy atom. The van der Waals surface area contributed by atoms with Gasteiger partial charge in [0, 0.05) is 29.8 Å². The number of rotatable bonds is 5. The number of imidazole rings is 1. The molecule has 0 atom stereocenters. The van der Waals surface area contributed by atoms with Crippen molar-refractivity contribution in [3.63, 3.8) is 0 Å². The molecule has 0 spiro atoms. The van der Waals surface area contributed by atoms with Crippen LogP contribution in [0.5, 0.6) is 0 Å². The molecule has 0 aliphatic rings. The largest absolute Gasteiger partial charge is 0.340 e. The van der Waals surface area contributed by atoms with E-state index in [1.807, 2.05) is 36.5 Å². The lowest BCUT2D eigenvalue weighted by molar-refractivity contribution is 0.103. The van der Waals surface area contributed by atoms with E-state index in [-0.39, 0.29) is 5.91 Å². The van der Waals surface area contributed by atoms with Gasteiger partial charge in [0.15, 0.2) is 0 Å². The van der Waals surface area contributed by atoms with Crippen molar-refractivity contribution in [3.8, 4) is 5.82 Å². The maximum Gasteiger partial charge on any atom is 0.265 e. The number of hydrogen-bond acceptors (Lipinski definition) is 6. The van der Waals surface area contributed by atoms with E-state index >= 15 is 0 Å². The maximum atomic E-state index is 12.2. The topological polar surface area (TPSA) is 84.7 Å². The van der Waals surface area contributed by atoms with Crippen LogP contribution < -0.4 is 10.6 Å². The minimum absolute atomic E-state index is 0.187. The zero-order valence-electron chi connectivity index (χ0n) is 13.8. The van der Waals surface area contributed by atoms with E-state index in [9.17, 15) is 4.79 Å². The third-order valence-corrected chi connectivity index (χ3v) is 4.86. The Hall–Kier alpha value is -3.23. The first-order valence-electron chi connectivity index (χ1n) is 7.91. The number of amides is 1. The van der Waals surface area contributed by atoms with Gasteiger partial charge in [-0.25, -0.2) is 15.0 Å². The lowest BCUT2D eigenvalue weighted by Crippen LogP contribution is -2.09. The first kappa shape index (κ1) is 17.2. The van der Waals surface area contributed by atoms with Crippen LogP contribution in [-0.2, 0) is 0 Å². The number of carbonyl (C=O) groups excluding carboxylic acids is 1. The van der Waals surface area contributed by atoms with Gasteiger partial charge in [-0.3, -0.25) is 9.36 Å². The Morgan fingerprint density at radius 1 is 1.07 bits per heavy atom. The summed E-state index contributed by atoms with van der Waals surface area (Å²) in [4.78, 5) is 25.2. The van der Waals surface area contributed by atoms with Crippen molar-refractivity contribution in [1.82, 2.24) is 19.5 Å². The van der Waals surface area contributed by atoms with E-state index in [1.165, 1.54) is 17.7 Å². The summed E-state index contributed by atoms with van der Waals surface area (Å²) in [5, 5.41) is 6.05. The summed E-state index contributed by atoms with van der Waals surface area (Å²) in [6.45, 7) is 0. The van der Waals surface area contributed by atoms with Gasteiger partial charge >= 0.3 is 0 Å². The van der Waals surface area contributed by atoms with Gasteiger partial charge in [-0.2, -0.15) is 0 Å². The number of anilines is 3. The Morgan fingerprint density at radius 3 is 2.59 bits per heavy atom. The fourth-order valence-electron chi connectivity index (χ4n) is 2.37. The first-order valence-corrected chi connectivity index (χ1v) is 9.11. The van der Waals surface area contributed by atoms with Crippen molar-refractivity contribution >= 4 is 46.0 Å². The number of benzene rings is 1. The molecular formula is C18H13ClN6OS. The molecule has 0 saturated heterocycles. The molecular weight excluding hydrogens is 384 g/mol. The molecule has 1 amide bonds. The van der Waals surface area contributed by atoms with Gasteiger partial charge in [-0.05, 0) is 36.4 Å². The van der Waals surface area contributed by atoms with E-state index in [0.29, 0.717) is 26.5 Å². The fraction of sp³-hybridized carbons (Fsp3) is 0. The molecule has 0 bridgehead atoms. The molecule has 7 nitrogen and oxygen atoms in total. The maximum absolute atomic E-state index is 12.2. The Kier molecular flexibility index (Phi) is 4.82. The van der Waals surface area contributed by atoms with Gasteiger partial charge in [0.05, 0.1) is 9.21 Å². The van der Waals surface area contributed by atoms with Gasteiger partial charge in [0.2, 0.25) is 0 Å². The zero-order valence-corrected chi connectivity index (χ0v) is 15.4. The predicted octanol–water partition coefficient (Wildman–Crippen LogP) is 4.37. The summed E-state index contributed by atoms with van der Waals surface area (Å²) in [6.07, 6.45) is 6.65. The highest BCUT2D eigenvalue weighted by Gasteiger charge is 2.09. The van der Waals surface area contributed by atoms with Gasteiger partial charge in [0.25, 0.3) is 5.91 Å². The highest BCUT2D eigenvalue weighted by Crippen LogP contribution is 2.23. The van der Waals surface area contributed by atoms with E-state index in [0.717, 1.165) is 5.69 Å². The molecule has 0 unspecified atom stereocenters. The molecule has 9 heteroatoms. The highest BCUT2D eigenvalue weighted by atomic mass is 35.5. The van der Waals surface area contributed by atoms with E-state index in [2.05, 4.69) is 25.6 Å². The fourth-order valence-corrected chi connectivity index (χ4v) is 3.30. The second-order valence-corrected chi connectivity index (χ2v) is 7.21. The van der Waals surface area contributed by atoms with Crippen LogP contribution in [0, 0.1) is 0 Å². The summed E-state index contributed by atoms with van der Waals surface area (Å²) in [5.41, 5.74) is 1.53. The minimum atomic E-state index is -0.187. The Labute approximate surface area is 163 Å². The highest BCUT2D eigenvalue weighted by molar-refractivity contribution is 7.18. The molecule has 3 heterocycles. The number of carbonyl (C=O) groups is 1. The van der Waals surface area contributed by atoms with Crippen molar-refractivity contribution in [3.05, 3.63) is 76.7 Å². The second-order valence-electron chi connectivity index (χ2n) is 5.49. The summed E-state index contributed by atoms with van der Waals surface area (Å²) in [6, 6.07) is 12.6. The molecule has 0 radical (unpaired) electrons. The smallest absolute Gasteiger partial charge is 0.265 e. The van der Waals surface area contributed by atoms with Gasteiger partial charge in [-0.15, -0.1) is 11.3 Å². The molecule has 0 saturated carbocycles. The van der Waals surface area contributed by atoms with Gasteiger partial charge < -0.3 is 10.6 Å². The average molecular weight is 397 g/mol. The molecule has 1 aromatic carbocycles. The van der Waals surface area contributed by atoms with Crippen LogP contribution in [0.1, 0.15) is 9.67 Å². The van der Waals surface area contributed by atoms with Crippen molar-refractivity contribution < 1.29 is 4.79 Å². The van der Waals surface area contributed by atoms with Crippen LogP contribution in [0.3, 0.4) is 0 Å². The van der Waals surface area contributed by atoms with Crippen LogP contribution in [0.4, 0.5) is 17.2 Å². The average Bonchev–Trinajstić information content (AvgIpc) is 3.35. The monoisotopic (exact) mass is 396 g/mol. The van der Waals surface area contributed by atoms with E-state index < -0.39 is 0 Å². The second kappa shape index (κ2) is 7.56. The van der Waals surface area contributed by atoms with Crippen molar-refractivity contribution in [2.75, 3.05) is 10.6 Å².